The van der Waals surface area contributed by atoms with Gasteiger partial charge in [0.25, 0.3) is 5.91 Å². The predicted molar refractivity (Wildman–Crippen MR) is 124 cm³/mol. The predicted octanol–water partition coefficient (Wildman–Crippen LogP) is 1.68. The van der Waals surface area contributed by atoms with Crippen LogP contribution in [0.25, 0.3) is 0 Å². The summed E-state index contributed by atoms with van der Waals surface area (Å²) in [6.45, 7) is 7.50. The van der Waals surface area contributed by atoms with E-state index in [2.05, 4.69) is 16.8 Å². The minimum Gasteiger partial charge on any atom is -0.472 e. The molecular weight excluding hydrogens is 422 g/mol. The van der Waals surface area contributed by atoms with Gasteiger partial charge in [0.1, 0.15) is 17.3 Å². The molecule has 0 bridgehead atoms. The Morgan fingerprint density at radius 2 is 2.12 bits per heavy atom. The Morgan fingerprint density at radius 3 is 2.70 bits per heavy atom. The molecule has 1 saturated carbocycles. The fourth-order valence-corrected chi connectivity index (χ4v) is 3.94. The molecule has 0 spiro atoms. The number of rotatable bonds is 5. The Morgan fingerprint density at radius 1 is 1.42 bits per heavy atom. The Balaban J connectivity index is 1.94. The molecule has 2 N–H and O–H groups in total. The van der Waals surface area contributed by atoms with E-state index >= 15 is 0 Å². The van der Waals surface area contributed by atoms with Crippen LogP contribution in [-0.2, 0) is 4.79 Å². The summed E-state index contributed by atoms with van der Waals surface area (Å²) in [5.74, 6) is 5.59. The molecule has 180 valence electrons. The van der Waals surface area contributed by atoms with Crippen molar-refractivity contribution in [3.63, 3.8) is 0 Å². The van der Waals surface area contributed by atoms with Crippen LogP contribution in [0.5, 0.6) is 5.88 Å². The van der Waals surface area contributed by atoms with E-state index in [0.717, 1.165) is 19.3 Å². The van der Waals surface area contributed by atoms with E-state index in [1.54, 1.807) is 43.7 Å². The number of hydrogen-bond donors (Lipinski definition) is 2. The molecule has 1 aromatic rings. The van der Waals surface area contributed by atoms with Gasteiger partial charge >= 0.3 is 0 Å². The minimum atomic E-state index is -1.18. The van der Waals surface area contributed by atoms with Crippen molar-refractivity contribution in [2.75, 3.05) is 26.7 Å². The average molecular weight is 458 g/mol. The molecule has 2 amide bonds. The molecule has 3 atom stereocenters. The lowest BCUT2D eigenvalue weighted by molar-refractivity contribution is -0.138. The number of nitrogens with zero attached hydrogens (tertiary/aromatic N) is 3. The Labute approximate surface area is 195 Å². The van der Waals surface area contributed by atoms with E-state index < -0.39 is 11.6 Å². The molecule has 0 radical (unpaired) electrons. The maximum absolute atomic E-state index is 13.4. The monoisotopic (exact) mass is 457 g/mol. The second kappa shape index (κ2) is 10.1. The maximum atomic E-state index is 13.4. The Kier molecular flexibility index (Phi) is 7.65. The molecule has 2 heterocycles. The molecule has 1 aliphatic heterocycles. The molecule has 2 aliphatic rings. The molecule has 33 heavy (non-hydrogen) atoms. The summed E-state index contributed by atoms with van der Waals surface area (Å²) in [4.78, 5) is 33.8. The van der Waals surface area contributed by atoms with Crippen molar-refractivity contribution in [1.82, 2.24) is 14.8 Å². The third-order valence-corrected chi connectivity index (χ3v) is 6.32. The zero-order valence-corrected chi connectivity index (χ0v) is 20.2. The highest BCUT2D eigenvalue weighted by atomic mass is 16.5. The highest BCUT2D eigenvalue weighted by molar-refractivity contribution is 5.97. The normalized spacial score (nSPS) is 22.0. The molecule has 0 aromatic carbocycles. The molecular formula is C25H35N3O5. The summed E-state index contributed by atoms with van der Waals surface area (Å²) in [7, 11) is 1.79. The van der Waals surface area contributed by atoms with Crippen molar-refractivity contribution in [3.05, 3.63) is 23.4 Å². The van der Waals surface area contributed by atoms with E-state index in [0.29, 0.717) is 18.7 Å². The van der Waals surface area contributed by atoms with Crippen molar-refractivity contribution in [2.24, 2.45) is 11.8 Å². The number of likely N-dealkylation sites (N-methyl/N-ethyl adjacent to an activating group) is 1. The number of pyridine rings is 1. The number of ether oxygens (including phenoxy) is 1. The maximum Gasteiger partial charge on any atom is 0.259 e. The summed E-state index contributed by atoms with van der Waals surface area (Å²) >= 11 is 0. The van der Waals surface area contributed by atoms with Gasteiger partial charge in [0.05, 0.1) is 19.2 Å². The summed E-state index contributed by atoms with van der Waals surface area (Å²) in [5, 5.41) is 19.7. The van der Waals surface area contributed by atoms with Crippen LogP contribution in [0, 0.1) is 23.7 Å². The minimum absolute atomic E-state index is 0.0914. The van der Waals surface area contributed by atoms with Crippen LogP contribution >= 0.6 is 0 Å². The van der Waals surface area contributed by atoms with Gasteiger partial charge in [-0.25, -0.2) is 4.98 Å². The summed E-state index contributed by atoms with van der Waals surface area (Å²) in [6.07, 6.45) is 4.09. The molecule has 8 heteroatoms. The first kappa shape index (κ1) is 25.0. The van der Waals surface area contributed by atoms with E-state index in [1.807, 2.05) is 6.92 Å². The van der Waals surface area contributed by atoms with Gasteiger partial charge in [-0.15, -0.1) is 0 Å². The van der Waals surface area contributed by atoms with E-state index in [4.69, 9.17) is 4.74 Å². The highest BCUT2D eigenvalue weighted by Gasteiger charge is 2.36. The van der Waals surface area contributed by atoms with E-state index in [9.17, 15) is 19.8 Å². The van der Waals surface area contributed by atoms with Crippen molar-refractivity contribution >= 4 is 11.8 Å². The SMILES string of the molecule is C[C@H]1CN([C@@H](C)CO)C(=O)c2cc(C#CC(C)(C)O)cnc2O[C@@H]1CN(C)C(=O)C1CCC1. The lowest BCUT2D eigenvalue weighted by atomic mass is 9.84. The first-order valence-electron chi connectivity index (χ1n) is 11.6. The van der Waals surface area contributed by atoms with Gasteiger partial charge in [0.15, 0.2) is 0 Å². The third-order valence-electron chi connectivity index (χ3n) is 6.32. The zero-order valence-electron chi connectivity index (χ0n) is 20.2. The van der Waals surface area contributed by atoms with Crippen molar-refractivity contribution in [3.8, 4) is 17.7 Å². The molecule has 1 aromatic heterocycles. The van der Waals surface area contributed by atoms with Gasteiger partial charge in [-0.3, -0.25) is 9.59 Å². The van der Waals surface area contributed by atoms with E-state index in [1.165, 1.54) is 6.20 Å². The van der Waals surface area contributed by atoms with Crippen molar-refractivity contribution in [1.29, 1.82) is 0 Å². The Hall–Kier alpha value is -2.63. The molecule has 8 nitrogen and oxygen atoms in total. The fourth-order valence-electron chi connectivity index (χ4n) is 3.94. The number of hydrogen-bond acceptors (Lipinski definition) is 6. The van der Waals surface area contributed by atoms with Crippen molar-refractivity contribution in [2.45, 2.75) is 64.7 Å². The largest absolute Gasteiger partial charge is 0.472 e. The standard InChI is InChI=1S/C25H35N3O5/c1-16-13-28(17(2)15-29)24(31)20-11-18(9-10-25(3,4)32)12-26-22(20)33-21(16)14-27(5)23(30)19-7-6-8-19/h11-12,16-17,19,21,29,32H,6-8,13-15H2,1-5H3/t16-,17-,21+/m0/s1. The van der Waals surface area contributed by atoms with Gasteiger partial charge in [0, 0.05) is 37.2 Å². The molecule has 0 unspecified atom stereocenters. The van der Waals surface area contributed by atoms with E-state index in [-0.39, 0.29) is 47.8 Å². The number of fused-ring (bicyclic) bond motifs is 1. The molecule has 3 rings (SSSR count). The van der Waals surface area contributed by atoms with Crippen LogP contribution in [-0.4, -0.2) is 81.3 Å². The number of aliphatic hydroxyl groups excluding tert-OH is 1. The third kappa shape index (κ3) is 6.04. The molecule has 1 aliphatic carbocycles. The van der Waals surface area contributed by atoms with Crippen LogP contribution in [0.1, 0.15) is 62.9 Å². The van der Waals surface area contributed by atoms with Gasteiger partial charge in [-0.1, -0.05) is 25.2 Å². The van der Waals surface area contributed by atoms with Crippen LogP contribution in [0.15, 0.2) is 12.3 Å². The Bertz CT molecular complexity index is 942. The number of amides is 2. The number of carbonyl (C=O) groups is 2. The van der Waals surface area contributed by atoms with Crippen LogP contribution < -0.4 is 4.74 Å². The number of carbonyl (C=O) groups excluding carboxylic acids is 2. The van der Waals surface area contributed by atoms with Gasteiger partial charge < -0.3 is 24.7 Å². The van der Waals surface area contributed by atoms with Gasteiger partial charge in [-0.2, -0.15) is 0 Å². The smallest absolute Gasteiger partial charge is 0.259 e. The first-order chi connectivity index (χ1) is 15.5. The summed E-state index contributed by atoms with van der Waals surface area (Å²) < 4.78 is 6.22. The number of aliphatic hydroxyl groups is 2. The zero-order chi connectivity index (χ0) is 24.3. The average Bonchev–Trinajstić information content (AvgIpc) is 2.72. The fraction of sp³-hybridized carbons (Fsp3) is 0.640. The van der Waals surface area contributed by atoms with Gasteiger partial charge in [-0.05, 0) is 39.7 Å². The van der Waals surface area contributed by atoms with Crippen LogP contribution in [0.4, 0.5) is 0 Å². The van der Waals surface area contributed by atoms with Crippen LogP contribution in [0.3, 0.4) is 0 Å². The highest BCUT2D eigenvalue weighted by Crippen LogP contribution is 2.30. The molecule has 1 fully saturated rings. The lowest BCUT2D eigenvalue weighted by Crippen LogP contribution is -2.51. The van der Waals surface area contributed by atoms with Crippen molar-refractivity contribution < 1.29 is 24.5 Å². The second-order valence-electron chi connectivity index (χ2n) is 9.86. The quantitative estimate of drug-likeness (QED) is 0.652. The summed E-state index contributed by atoms with van der Waals surface area (Å²) in [5.41, 5.74) is -0.449. The van der Waals surface area contributed by atoms with Crippen LogP contribution in [0.2, 0.25) is 0 Å². The summed E-state index contributed by atoms with van der Waals surface area (Å²) in [6, 6.07) is 1.21. The molecule has 0 saturated heterocycles. The van der Waals surface area contributed by atoms with Gasteiger partial charge in [0.2, 0.25) is 11.8 Å². The topological polar surface area (TPSA) is 103 Å². The number of aromatic nitrogens is 1. The lowest BCUT2D eigenvalue weighted by Gasteiger charge is -2.38. The first-order valence-corrected chi connectivity index (χ1v) is 11.6. The second-order valence-corrected chi connectivity index (χ2v) is 9.86.